The quantitative estimate of drug-likeness (QED) is 0.517. The Hall–Kier alpha value is -2.91. The number of piperidine rings is 1. The van der Waals surface area contributed by atoms with Crippen molar-refractivity contribution in [1.29, 1.82) is 0 Å². The maximum atomic E-state index is 12.8. The second-order valence-electron chi connectivity index (χ2n) is 10.9. The van der Waals surface area contributed by atoms with Crippen molar-refractivity contribution in [3.63, 3.8) is 0 Å². The predicted molar refractivity (Wildman–Crippen MR) is 137 cm³/mol. The van der Waals surface area contributed by atoms with Gasteiger partial charge in [-0.25, -0.2) is 13.2 Å². The van der Waals surface area contributed by atoms with Crippen molar-refractivity contribution in [2.45, 2.75) is 68.7 Å². The number of carbonyl (C=O) groups is 1. The zero-order valence-electron chi connectivity index (χ0n) is 21.2. The molecule has 8 nitrogen and oxygen atoms in total. The molecular weight excluding hydrogens is 478 g/mol. The van der Waals surface area contributed by atoms with Crippen molar-refractivity contribution in [1.82, 2.24) is 14.5 Å². The van der Waals surface area contributed by atoms with E-state index in [0.29, 0.717) is 30.6 Å². The van der Waals surface area contributed by atoms with E-state index in [1.54, 1.807) is 12.1 Å². The van der Waals surface area contributed by atoms with Crippen LogP contribution in [0.2, 0.25) is 0 Å². The Bertz CT molecular complexity index is 1360. The fraction of sp³-hybridized carbons (Fsp3) is 0.481. The zero-order chi connectivity index (χ0) is 25.7. The Morgan fingerprint density at radius 1 is 1.11 bits per heavy atom. The summed E-state index contributed by atoms with van der Waals surface area (Å²) in [5, 5.41) is 0.889. The molecule has 192 valence electrons. The van der Waals surface area contributed by atoms with Crippen LogP contribution in [0.25, 0.3) is 10.9 Å². The van der Waals surface area contributed by atoms with Gasteiger partial charge in [-0.15, -0.1) is 0 Å². The van der Waals surface area contributed by atoms with Crippen LogP contribution in [-0.4, -0.2) is 66.1 Å². The number of rotatable bonds is 4. The third kappa shape index (κ3) is 5.13. The summed E-state index contributed by atoms with van der Waals surface area (Å²) in [7, 11) is -3.24. The first-order valence-corrected chi connectivity index (χ1v) is 14.2. The minimum atomic E-state index is -3.24. The van der Waals surface area contributed by atoms with Gasteiger partial charge in [-0.3, -0.25) is 9.88 Å². The Kier molecular flexibility index (Phi) is 6.32. The van der Waals surface area contributed by atoms with Crippen molar-refractivity contribution in [2.75, 3.05) is 19.5 Å². The van der Waals surface area contributed by atoms with Crippen molar-refractivity contribution in [3.05, 3.63) is 60.0 Å². The third-order valence-corrected chi connectivity index (χ3v) is 8.06. The highest BCUT2D eigenvalue weighted by atomic mass is 32.2. The van der Waals surface area contributed by atoms with Gasteiger partial charge in [-0.05, 0) is 75.4 Å². The standard InChI is InChI=1S/C27H33N3O5S/c1-27(2,3)35-26(31)30-22-11-20(12-23(30)17-34-16-22)19-5-6-21(28-14-19)15-29-10-9-18-13-24(36(4,32)33)7-8-25(18)29/h5-10,13-14,20,22-23H,11-12,15-17H2,1-4H3. The number of nitrogens with zero attached hydrogens (tertiary/aromatic N) is 3. The normalized spacial score (nSPS) is 22.6. The fourth-order valence-corrected chi connectivity index (χ4v) is 5.95. The summed E-state index contributed by atoms with van der Waals surface area (Å²) in [5.41, 5.74) is 2.55. The minimum Gasteiger partial charge on any atom is -0.444 e. The lowest BCUT2D eigenvalue weighted by molar-refractivity contribution is -0.0825. The molecule has 0 saturated carbocycles. The second-order valence-corrected chi connectivity index (χ2v) is 12.9. The SMILES string of the molecule is CC(C)(C)OC(=O)N1C2COCC1CC(c1ccc(Cn3ccc4cc(S(C)(=O)=O)ccc43)nc1)C2. The van der Waals surface area contributed by atoms with Crippen LogP contribution in [0.4, 0.5) is 4.79 Å². The Morgan fingerprint density at radius 3 is 2.44 bits per heavy atom. The molecule has 9 heteroatoms. The summed E-state index contributed by atoms with van der Waals surface area (Å²) in [6.07, 6.45) is 6.52. The summed E-state index contributed by atoms with van der Waals surface area (Å²) < 4.78 is 37.2. The number of hydrogen-bond acceptors (Lipinski definition) is 6. The minimum absolute atomic E-state index is 0.0000846. The summed E-state index contributed by atoms with van der Waals surface area (Å²) in [4.78, 5) is 19.8. The monoisotopic (exact) mass is 511 g/mol. The second kappa shape index (κ2) is 9.19. The van der Waals surface area contributed by atoms with E-state index in [1.807, 2.05) is 50.2 Å². The number of fused-ring (bicyclic) bond motifs is 3. The molecule has 2 aliphatic rings. The summed E-state index contributed by atoms with van der Waals surface area (Å²) in [5.74, 6) is 0.311. The first-order chi connectivity index (χ1) is 17.0. The predicted octanol–water partition coefficient (Wildman–Crippen LogP) is 4.37. The van der Waals surface area contributed by atoms with E-state index in [4.69, 9.17) is 14.5 Å². The van der Waals surface area contributed by atoms with Gasteiger partial charge in [0.15, 0.2) is 9.84 Å². The van der Waals surface area contributed by atoms with E-state index in [0.717, 1.165) is 29.4 Å². The summed E-state index contributed by atoms with van der Waals surface area (Å²) >= 11 is 0. The van der Waals surface area contributed by atoms with Gasteiger partial charge in [0.2, 0.25) is 0 Å². The van der Waals surface area contributed by atoms with E-state index in [-0.39, 0.29) is 18.2 Å². The molecule has 0 spiro atoms. The largest absolute Gasteiger partial charge is 0.444 e. The lowest BCUT2D eigenvalue weighted by Crippen LogP contribution is -2.59. The number of carbonyl (C=O) groups excluding carboxylic acids is 1. The van der Waals surface area contributed by atoms with Crippen LogP contribution >= 0.6 is 0 Å². The van der Waals surface area contributed by atoms with E-state index < -0.39 is 15.4 Å². The van der Waals surface area contributed by atoms with Crippen molar-refractivity contribution < 1.29 is 22.7 Å². The molecule has 0 N–H and O–H groups in total. The Balaban J connectivity index is 1.28. The van der Waals surface area contributed by atoms with Gasteiger partial charge in [0.1, 0.15) is 5.60 Å². The molecule has 3 aromatic rings. The number of sulfone groups is 1. The van der Waals surface area contributed by atoms with E-state index in [1.165, 1.54) is 11.8 Å². The van der Waals surface area contributed by atoms with E-state index in [2.05, 4.69) is 16.7 Å². The van der Waals surface area contributed by atoms with Crippen LogP contribution in [0, 0.1) is 0 Å². The summed E-state index contributed by atoms with van der Waals surface area (Å²) in [6, 6.07) is 11.3. The average molecular weight is 512 g/mol. The molecule has 0 aliphatic carbocycles. The van der Waals surface area contributed by atoms with Gasteiger partial charge in [-0.2, -0.15) is 0 Å². The maximum Gasteiger partial charge on any atom is 0.410 e. The highest BCUT2D eigenvalue weighted by Crippen LogP contribution is 2.38. The molecule has 4 heterocycles. The first-order valence-electron chi connectivity index (χ1n) is 12.3. The van der Waals surface area contributed by atoms with Crippen LogP contribution in [0.5, 0.6) is 0 Å². The highest BCUT2D eigenvalue weighted by Gasteiger charge is 2.43. The lowest BCUT2D eigenvalue weighted by atomic mass is 9.81. The highest BCUT2D eigenvalue weighted by molar-refractivity contribution is 7.90. The average Bonchev–Trinajstić information content (AvgIpc) is 3.19. The molecular formula is C27H33N3O5S. The van der Waals surface area contributed by atoms with Gasteiger partial charge in [0, 0.05) is 29.6 Å². The van der Waals surface area contributed by atoms with Gasteiger partial charge in [-0.1, -0.05) is 6.07 Å². The van der Waals surface area contributed by atoms with E-state index >= 15 is 0 Å². The number of amides is 1. The van der Waals surface area contributed by atoms with Crippen molar-refractivity contribution in [3.8, 4) is 0 Å². The Morgan fingerprint density at radius 2 is 1.83 bits per heavy atom. The van der Waals surface area contributed by atoms with Crippen LogP contribution < -0.4 is 0 Å². The van der Waals surface area contributed by atoms with Gasteiger partial charge < -0.3 is 14.0 Å². The van der Waals surface area contributed by atoms with Crippen molar-refractivity contribution >= 4 is 26.8 Å². The molecule has 2 atom stereocenters. The molecule has 2 bridgehead atoms. The summed E-state index contributed by atoms with van der Waals surface area (Å²) in [6.45, 7) is 7.32. The molecule has 1 amide bonds. The Labute approximate surface area is 212 Å². The third-order valence-electron chi connectivity index (χ3n) is 6.95. The lowest BCUT2D eigenvalue weighted by Gasteiger charge is -2.48. The molecule has 2 fully saturated rings. The van der Waals surface area contributed by atoms with Crippen LogP contribution in [-0.2, 0) is 25.9 Å². The van der Waals surface area contributed by atoms with Crippen LogP contribution in [0.1, 0.15) is 50.8 Å². The molecule has 5 rings (SSSR count). The van der Waals surface area contributed by atoms with E-state index in [9.17, 15) is 13.2 Å². The number of ether oxygens (including phenoxy) is 2. The number of hydrogen-bond donors (Lipinski definition) is 0. The smallest absolute Gasteiger partial charge is 0.410 e. The number of pyridine rings is 1. The van der Waals surface area contributed by atoms with Crippen LogP contribution in [0.15, 0.2) is 53.7 Å². The molecule has 2 saturated heterocycles. The number of benzene rings is 1. The molecule has 2 aliphatic heterocycles. The molecule has 2 unspecified atom stereocenters. The molecule has 36 heavy (non-hydrogen) atoms. The molecule has 0 radical (unpaired) electrons. The maximum absolute atomic E-state index is 12.8. The van der Waals surface area contributed by atoms with Crippen LogP contribution in [0.3, 0.4) is 0 Å². The van der Waals surface area contributed by atoms with Gasteiger partial charge in [0.25, 0.3) is 0 Å². The topological polar surface area (TPSA) is 90.7 Å². The molecule has 2 aromatic heterocycles. The molecule has 1 aromatic carbocycles. The zero-order valence-corrected chi connectivity index (χ0v) is 22.0. The van der Waals surface area contributed by atoms with Crippen molar-refractivity contribution in [2.24, 2.45) is 0 Å². The van der Waals surface area contributed by atoms with Gasteiger partial charge in [0.05, 0.1) is 42.4 Å². The first kappa shape index (κ1) is 24.8. The number of morpholine rings is 1. The van der Waals surface area contributed by atoms with Gasteiger partial charge >= 0.3 is 6.09 Å². The number of aromatic nitrogens is 2. The fourth-order valence-electron chi connectivity index (χ4n) is 5.29.